The van der Waals surface area contributed by atoms with Crippen LogP contribution in [-0.4, -0.2) is 33.6 Å². The summed E-state index contributed by atoms with van der Waals surface area (Å²) < 4.78 is 1.86. The number of aliphatic hydroxyl groups is 1. The van der Waals surface area contributed by atoms with E-state index in [0.717, 1.165) is 5.56 Å². The molecule has 0 aliphatic heterocycles. The second kappa shape index (κ2) is 8.67. The van der Waals surface area contributed by atoms with Gasteiger partial charge in [-0.2, -0.15) is 5.10 Å². The number of nitrogens with one attached hydrogen (secondary N) is 2. The van der Waals surface area contributed by atoms with Crippen molar-refractivity contribution in [2.24, 2.45) is 5.41 Å². The first-order chi connectivity index (χ1) is 11.8. The standard InChI is InChI=1S/C19H28N4O2/c1-15(24)9-19(2,3)14-21-18(25)20-10-17-11-22-23(13-17)12-16-7-5-4-6-8-16/h4-8,11,13,15,24H,9-10,12,14H2,1-3H3,(H2,20,21,25). The molecule has 6 heteroatoms. The van der Waals surface area contributed by atoms with Crippen LogP contribution >= 0.6 is 0 Å². The van der Waals surface area contributed by atoms with Gasteiger partial charge in [-0.15, -0.1) is 0 Å². The molecule has 0 aliphatic carbocycles. The van der Waals surface area contributed by atoms with Gasteiger partial charge >= 0.3 is 6.03 Å². The first kappa shape index (κ1) is 19.0. The third kappa shape index (κ3) is 6.97. The van der Waals surface area contributed by atoms with E-state index in [4.69, 9.17) is 0 Å². The van der Waals surface area contributed by atoms with E-state index in [9.17, 15) is 9.90 Å². The molecule has 1 heterocycles. The third-order valence-electron chi connectivity index (χ3n) is 3.90. The van der Waals surface area contributed by atoms with E-state index in [-0.39, 0.29) is 17.6 Å². The van der Waals surface area contributed by atoms with E-state index in [1.54, 1.807) is 13.1 Å². The van der Waals surface area contributed by atoms with Crippen molar-refractivity contribution in [1.82, 2.24) is 20.4 Å². The summed E-state index contributed by atoms with van der Waals surface area (Å²) in [6.45, 7) is 7.45. The molecular formula is C19H28N4O2. The maximum absolute atomic E-state index is 11.9. The van der Waals surface area contributed by atoms with Gasteiger partial charge in [0.25, 0.3) is 0 Å². The highest BCUT2D eigenvalue weighted by atomic mass is 16.3. The molecule has 2 aromatic rings. The minimum Gasteiger partial charge on any atom is -0.393 e. The van der Waals surface area contributed by atoms with Crippen molar-refractivity contribution in [2.75, 3.05) is 6.54 Å². The topological polar surface area (TPSA) is 79.2 Å². The zero-order valence-electron chi connectivity index (χ0n) is 15.2. The van der Waals surface area contributed by atoms with E-state index in [1.807, 2.05) is 42.9 Å². The molecule has 0 fully saturated rings. The van der Waals surface area contributed by atoms with Gasteiger partial charge in [-0.25, -0.2) is 4.79 Å². The smallest absolute Gasteiger partial charge is 0.315 e. The van der Waals surface area contributed by atoms with Gasteiger partial charge < -0.3 is 15.7 Å². The zero-order valence-corrected chi connectivity index (χ0v) is 15.2. The summed E-state index contributed by atoms with van der Waals surface area (Å²) in [7, 11) is 0. The van der Waals surface area contributed by atoms with Crippen molar-refractivity contribution in [2.45, 2.75) is 46.4 Å². The van der Waals surface area contributed by atoms with Gasteiger partial charge in [-0.3, -0.25) is 4.68 Å². The van der Waals surface area contributed by atoms with Crippen LogP contribution in [0, 0.1) is 5.41 Å². The van der Waals surface area contributed by atoms with Crippen LogP contribution in [0.25, 0.3) is 0 Å². The predicted molar refractivity (Wildman–Crippen MR) is 98.1 cm³/mol. The van der Waals surface area contributed by atoms with E-state index >= 15 is 0 Å². The number of rotatable bonds is 8. The minimum atomic E-state index is -0.379. The molecule has 0 aliphatic rings. The van der Waals surface area contributed by atoms with Gasteiger partial charge in [0.2, 0.25) is 0 Å². The molecule has 25 heavy (non-hydrogen) atoms. The SMILES string of the molecule is CC(O)CC(C)(C)CNC(=O)NCc1cnn(Cc2ccccc2)c1. The molecule has 2 amide bonds. The van der Waals surface area contributed by atoms with Gasteiger partial charge in [-0.1, -0.05) is 44.2 Å². The minimum absolute atomic E-state index is 0.147. The zero-order chi connectivity index (χ0) is 18.3. The molecule has 2 rings (SSSR count). The van der Waals surface area contributed by atoms with Gasteiger partial charge in [0.15, 0.2) is 0 Å². The van der Waals surface area contributed by atoms with Crippen LogP contribution in [0.15, 0.2) is 42.7 Å². The van der Waals surface area contributed by atoms with Crippen molar-refractivity contribution in [3.05, 3.63) is 53.9 Å². The van der Waals surface area contributed by atoms with Crippen LogP contribution in [0.3, 0.4) is 0 Å². The van der Waals surface area contributed by atoms with E-state index < -0.39 is 0 Å². The fourth-order valence-corrected chi connectivity index (χ4v) is 2.79. The lowest BCUT2D eigenvalue weighted by Gasteiger charge is -2.26. The Bertz CT molecular complexity index is 665. The highest BCUT2D eigenvalue weighted by Gasteiger charge is 2.20. The number of amides is 2. The molecule has 1 unspecified atom stereocenters. The Morgan fingerprint density at radius 1 is 1.24 bits per heavy atom. The summed E-state index contributed by atoms with van der Waals surface area (Å²) in [5.74, 6) is 0. The van der Waals surface area contributed by atoms with Crippen LogP contribution in [0.4, 0.5) is 4.79 Å². The van der Waals surface area contributed by atoms with Crippen LogP contribution in [0.1, 0.15) is 38.3 Å². The number of benzene rings is 1. The Morgan fingerprint density at radius 2 is 1.96 bits per heavy atom. The van der Waals surface area contributed by atoms with E-state index in [1.165, 1.54) is 5.56 Å². The number of aromatic nitrogens is 2. The third-order valence-corrected chi connectivity index (χ3v) is 3.90. The molecule has 1 aromatic carbocycles. The van der Waals surface area contributed by atoms with Crippen molar-refractivity contribution in [3.63, 3.8) is 0 Å². The van der Waals surface area contributed by atoms with Crippen molar-refractivity contribution in [1.29, 1.82) is 0 Å². The van der Waals surface area contributed by atoms with Gasteiger partial charge in [-0.05, 0) is 24.3 Å². The Labute approximate surface area is 149 Å². The molecule has 0 saturated carbocycles. The van der Waals surface area contributed by atoms with Gasteiger partial charge in [0.1, 0.15) is 0 Å². The fraction of sp³-hybridized carbons (Fsp3) is 0.474. The highest BCUT2D eigenvalue weighted by Crippen LogP contribution is 2.20. The van der Waals surface area contributed by atoms with Crippen LogP contribution in [0.5, 0.6) is 0 Å². The second-order valence-corrected chi connectivity index (χ2v) is 7.29. The van der Waals surface area contributed by atoms with Crippen LogP contribution < -0.4 is 10.6 Å². The van der Waals surface area contributed by atoms with Crippen LogP contribution in [0.2, 0.25) is 0 Å². The number of aliphatic hydroxyl groups excluding tert-OH is 1. The van der Waals surface area contributed by atoms with E-state index in [0.29, 0.717) is 26.1 Å². The maximum Gasteiger partial charge on any atom is 0.315 e. The molecule has 6 nitrogen and oxygen atoms in total. The fourth-order valence-electron chi connectivity index (χ4n) is 2.79. The summed E-state index contributed by atoms with van der Waals surface area (Å²) in [4.78, 5) is 11.9. The van der Waals surface area contributed by atoms with Crippen molar-refractivity contribution >= 4 is 6.03 Å². The summed E-state index contributed by atoms with van der Waals surface area (Å²) >= 11 is 0. The molecule has 0 spiro atoms. The lowest BCUT2D eigenvalue weighted by molar-refractivity contribution is 0.129. The van der Waals surface area contributed by atoms with Crippen molar-refractivity contribution in [3.8, 4) is 0 Å². The molecule has 136 valence electrons. The summed E-state index contributed by atoms with van der Waals surface area (Å²) in [6.07, 6.45) is 3.96. The normalized spacial score (nSPS) is 12.6. The summed E-state index contributed by atoms with van der Waals surface area (Å²) in [5, 5.41) is 19.5. The van der Waals surface area contributed by atoms with Gasteiger partial charge in [0.05, 0.1) is 18.8 Å². The number of hydrogen-bond donors (Lipinski definition) is 3. The van der Waals surface area contributed by atoms with Gasteiger partial charge in [0, 0.05) is 24.8 Å². The molecule has 1 atom stereocenters. The molecule has 1 aromatic heterocycles. The maximum atomic E-state index is 11.9. The lowest BCUT2D eigenvalue weighted by atomic mass is 9.87. The number of hydrogen-bond acceptors (Lipinski definition) is 3. The van der Waals surface area contributed by atoms with Crippen molar-refractivity contribution < 1.29 is 9.90 Å². The van der Waals surface area contributed by atoms with Crippen LogP contribution in [-0.2, 0) is 13.1 Å². The molecule has 0 bridgehead atoms. The largest absolute Gasteiger partial charge is 0.393 e. The number of carbonyl (C=O) groups is 1. The quantitative estimate of drug-likeness (QED) is 0.688. The highest BCUT2D eigenvalue weighted by molar-refractivity contribution is 5.73. The number of nitrogens with zero attached hydrogens (tertiary/aromatic N) is 2. The Morgan fingerprint density at radius 3 is 2.64 bits per heavy atom. The van der Waals surface area contributed by atoms with E-state index in [2.05, 4.69) is 27.9 Å². The lowest BCUT2D eigenvalue weighted by Crippen LogP contribution is -2.41. The molecule has 0 radical (unpaired) electrons. The predicted octanol–water partition coefficient (Wildman–Crippen LogP) is 2.53. The Hall–Kier alpha value is -2.34. The Kier molecular flexibility index (Phi) is 6.58. The Balaban J connectivity index is 1.75. The first-order valence-corrected chi connectivity index (χ1v) is 8.59. The monoisotopic (exact) mass is 344 g/mol. The average molecular weight is 344 g/mol. The average Bonchev–Trinajstić information content (AvgIpc) is 2.98. The summed E-state index contributed by atoms with van der Waals surface area (Å²) in [6, 6.07) is 9.90. The number of carbonyl (C=O) groups excluding carboxylic acids is 1. The first-order valence-electron chi connectivity index (χ1n) is 8.59. The molecular weight excluding hydrogens is 316 g/mol. The number of urea groups is 1. The second-order valence-electron chi connectivity index (χ2n) is 7.29. The summed E-state index contributed by atoms with van der Waals surface area (Å²) in [5.41, 5.74) is 1.99. The molecule has 0 saturated heterocycles. The molecule has 3 N–H and O–H groups in total.